The second-order valence-corrected chi connectivity index (χ2v) is 9.51. The Morgan fingerprint density at radius 2 is 1.89 bits per heavy atom. The van der Waals surface area contributed by atoms with Crippen molar-refractivity contribution in [1.82, 2.24) is 15.1 Å². The lowest BCUT2D eigenvalue weighted by Gasteiger charge is -2.56. The van der Waals surface area contributed by atoms with Crippen molar-refractivity contribution in [2.45, 2.75) is 57.7 Å². The van der Waals surface area contributed by atoms with Crippen LogP contribution in [-0.2, 0) is 6.73 Å². The molecule has 4 aliphatic carbocycles. The molecule has 5 nitrogen and oxygen atoms in total. The Labute approximate surface area is 170 Å². The molecule has 148 valence electrons. The molecular formula is C22H26ClN3O2. The second kappa shape index (κ2) is 6.80. The van der Waals surface area contributed by atoms with Crippen molar-refractivity contribution < 1.29 is 9.53 Å². The van der Waals surface area contributed by atoms with E-state index in [0.29, 0.717) is 16.5 Å². The maximum absolute atomic E-state index is 12.9. The molecule has 0 saturated heterocycles. The first kappa shape index (κ1) is 18.0. The maximum atomic E-state index is 12.9. The van der Waals surface area contributed by atoms with Gasteiger partial charge in [0.1, 0.15) is 11.4 Å². The first-order valence-electron chi connectivity index (χ1n) is 10.2. The highest BCUT2D eigenvalue weighted by Gasteiger charge is 2.51. The van der Waals surface area contributed by atoms with Gasteiger partial charge in [0.2, 0.25) is 0 Å². The Balaban J connectivity index is 1.23. The van der Waals surface area contributed by atoms with Crippen molar-refractivity contribution in [3.8, 4) is 5.75 Å². The highest BCUT2D eigenvalue weighted by molar-refractivity contribution is 6.32. The van der Waals surface area contributed by atoms with Crippen LogP contribution in [0.1, 0.15) is 54.6 Å². The molecule has 2 aromatic rings. The fourth-order valence-electron chi connectivity index (χ4n) is 5.98. The van der Waals surface area contributed by atoms with E-state index in [1.807, 2.05) is 25.1 Å². The molecule has 6 heteroatoms. The lowest BCUT2D eigenvalue weighted by Crippen LogP contribution is -2.59. The van der Waals surface area contributed by atoms with Gasteiger partial charge in [-0.1, -0.05) is 17.7 Å². The van der Waals surface area contributed by atoms with E-state index in [1.165, 1.54) is 19.3 Å². The summed E-state index contributed by atoms with van der Waals surface area (Å²) < 4.78 is 7.40. The molecule has 1 heterocycles. The van der Waals surface area contributed by atoms with Gasteiger partial charge in [-0.15, -0.1) is 0 Å². The normalized spacial score (nSPS) is 30.4. The van der Waals surface area contributed by atoms with Crippen molar-refractivity contribution >= 4 is 17.5 Å². The zero-order chi connectivity index (χ0) is 19.3. The molecule has 0 atom stereocenters. The van der Waals surface area contributed by atoms with E-state index in [-0.39, 0.29) is 18.2 Å². The number of carbonyl (C=O) groups is 1. The lowest BCUT2D eigenvalue weighted by molar-refractivity contribution is -0.0168. The summed E-state index contributed by atoms with van der Waals surface area (Å²) >= 11 is 6.17. The van der Waals surface area contributed by atoms with Gasteiger partial charge in [0.25, 0.3) is 5.91 Å². The quantitative estimate of drug-likeness (QED) is 0.800. The van der Waals surface area contributed by atoms with Crippen molar-refractivity contribution in [3.63, 3.8) is 0 Å². The van der Waals surface area contributed by atoms with Gasteiger partial charge in [-0.05, 0) is 87.0 Å². The van der Waals surface area contributed by atoms with Crippen molar-refractivity contribution in [1.29, 1.82) is 0 Å². The van der Waals surface area contributed by atoms with Crippen molar-refractivity contribution in [3.05, 3.63) is 46.7 Å². The van der Waals surface area contributed by atoms with Crippen LogP contribution in [0.25, 0.3) is 0 Å². The van der Waals surface area contributed by atoms with E-state index >= 15 is 0 Å². The van der Waals surface area contributed by atoms with Crippen LogP contribution in [0.2, 0.25) is 5.02 Å². The Morgan fingerprint density at radius 3 is 2.57 bits per heavy atom. The third-order valence-corrected chi connectivity index (χ3v) is 7.04. The molecule has 1 N–H and O–H groups in total. The number of aryl methyl sites for hydroxylation is 1. The number of rotatable bonds is 5. The van der Waals surface area contributed by atoms with Gasteiger partial charge in [0.15, 0.2) is 6.73 Å². The van der Waals surface area contributed by atoms with Gasteiger partial charge in [0, 0.05) is 11.7 Å². The minimum atomic E-state index is -0.0608. The second-order valence-electron chi connectivity index (χ2n) is 9.10. The predicted molar refractivity (Wildman–Crippen MR) is 107 cm³/mol. The van der Waals surface area contributed by atoms with Crippen LogP contribution in [0.5, 0.6) is 5.75 Å². The molecule has 1 amide bonds. The van der Waals surface area contributed by atoms with Gasteiger partial charge in [-0.3, -0.25) is 4.79 Å². The number of nitrogens with zero attached hydrogens (tertiary/aromatic N) is 2. The SMILES string of the molecule is Cc1ccc(Cl)c(OCn2ccc(C(=O)NC34CC5CC(CC(C5)C3)C4)n2)c1. The van der Waals surface area contributed by atoms with E-state index in [9.17, 15) is 4.79 Å². The van der Waals surface area contributed by atoms with Gasteiger partial charge in [-0.2, -0.15) is 5.10 Å². The van der Waals surface area contributed by atoms with E-state index in [2.05, 4.69) is 10.4 Å². The van der Waals surface area contributed by atoms with Crippen LogP contribution in [0.3, 0.4) is 0 Å². The van der Waals surface area contributed by atoms with Crippen LogP contribution in [-0.4, -0.2) is 21.2 Å². The average molecular weight is 400 g/mol. The minimum Gasteiger partial charge on any atom is -0.470 e. The number of aromatic nitrogens is 2. The summed E-state index contributed by atoms with van der Waals surface area (Å²) in [5.41, 5.74) is 1.53. The van der Waals surface area contributed by atoms with Crippen LogP contribution in [0, 0.1) is 24.7 Å². The van der Waals surface area contributed by atoms with Crippen LogP contribution >= 0.6 is 11.6 Å². The van der Waals surface area contributed by atoms with Gasteiger partial charge in [0.05, 0.1) is 5.02 Å². The summed E-state index contributed by atoms with van der Waals surface area (Å²) in [6.07, 6.45) is 9.29. The molecule has 28 heavy (non-hydrogen) atoms. The summed E-state index contributed by atoms with van der Waals surface area (Å²) in [4.78, 5) is 12.9. The van der Waals surface area contributed by atoms with Crippen LogP contribution in [0.4, 0.5) is 0 Å². The van der Waals surface area contributed by atoms with Gasteiger partial charge in [-0.25, -0.2) is 4.68 Å². The molecule has 1 aromatic carbocycles. The summed E-state index contributed by atoms with van der Waals surface area (Å²) in [7, 11) is 0. The Hall–Kier alpha value is -2.01. The molecule has 0 spiro atoms. The third-order valence-electron chi connectivity index (χ3n) is 6.73. The zero-order valence-electron chi connectivity index (χ0n) is 16.2. The third kappa shape index (κ3) is 3.41. The van der Waals surface area contributed by atoms with Crippen molar-refractivity contribution in [2.24, 2.45) is 17.8 Å². The number of ether oxygens (including phenoxy) is 1. The Morgan fingerprint density at radius 1 is 1.21 bits per heavy atom. The van der Waals surface area contributed by atoms with E-state index < -0.39 is 0 Å². The number of amides is 1. The number of hydrogen-bond donors (Lipinski definition) is 1. The Kier molecular flexibility index (Phi) is 4.38. The van der Waals surface area contributed by atoms with Crippen LogP contribution in [0.15, 0.2) is 30.5 Å². The molecule has 0 radical (unpaired) electrons. The van der Waals surface area contributed by atoms with E-state index in [4.69, 9.17) is 16.3 Å². The summed E-state index contributed by atoms with van der Waals surface area (Å²) in [5, 5.41) is 8.35. The van der Waals surface area contributed by atoms with Gasteiger partial charge < -0.3 is 10.1 Å². The number of nitrogens with one attached hydrogen (secondary N) is 1. The van der Waals surface area contributed by atoms with E-state index in [0.717, 1.165) is 42.6 Å². The molecule has 6 rings (SSSR count). The highest BCUT2D eigenvalue weighted by atomic mass is 35.5. The molecule has 1 aromatic heterocycles. The molecule has 0 unspecified atom stereocenters. The smallest absolute Gasteiger partial charge is 0.272 e. The monoisotopic (exact) mass is 399 g/mol. The van der Waals surface area contributed by atoms with E-state index in [1.54, 1.807) is 16.9 Å². The molecule has 0 aliphatic heterocycles. The Bertz CT molecular complexity index is 872. The molecule has 4 fully saturated rings. The molecular weight excluding hydrogens is 374 g/mol. The van der Waals surface area contributed by atoms with Crippen LogP contribution < -0.4 is 10.1 Å². The topological polar surface area (TPSA) is 56.1 Å². The number of carbonyl (C=O) groups excluding carboxylic acids is 1. The fraction of sp³-hybridized carbons (Fsp3) is 0.545. The largest absolute Gasteiger partial charge is 0.470 e. The minimum absolute atomic E-state index is 0.00119. The number of halogens is 1. The molecule has 4 aliphatic rings. The van der Waals surface area contributed by atoms with Crippen molar-refractivity contribution in [2.75, 3.05) is 0 Å². The summed E-state index contributed by atoms with van der Waals surface area (Å²) in [5.74, 6) is 2.97. The standard InChI is InChI=1S/C22H26ClN3O2/c1-14-2-3-18(23)20(6-14)28-13-26-5-4-19(25-26)21(27)24-22-10-15-7-16(11-22)9-17(8-15)12-22/h2-6,15-17H,7-13H2,1H3,(H,24,27). The predicted octanol–water partition coefficient (Wildman–Crippen LogP) is 4.58. The first-order valence-corrected chi connectivity index (χ1v) is 10.6. The highest BCUT2D eigenvalue weighted by Crippen LogP contribution is 2.55. The summed E-state index contributed by atoms with van der Waals surface area (Å²) in [6.45, 7) is 2.21. The fourth-order valence-corrected chi connectivity index (χ4v) is 6.15. The van der Waals surface area contributed by atoms with Gasteiger partial charge >= 0.3 is 0 Å². The maximum Gasteiger partial charge on any atom is 0.272 e. The lowest BCUT2D eigenvalue weighted by atomic mass is 9.53. The molecule has 4 saturated carbocycles. The molecule has 4 bridgehead atoms. The first-order chi connectivity index (χ1) is 13.5. The zero-order valence-corrected chi connectivity index (χ0v) is 16.9. The number of hydrogen-bond acceptors (Lipinski definition) is 3. The average Bonchev–Trinajstić information content (AvgIpc) is 3.10. The number of benzene rings is 1. The summed E-state index contributed by atoms with van der Waals surface area (Å²) in [6, 6.07) is 7.42.